The standard InChI is InChI=1S/C11H16N2O2/c1-9(7-12)13-11(14)8-15-10-5-3-2-4-6-10/h2-6,9H,7-8,12H2,1H3,(H,13,14)/t9-/m1/s1. The van der Waals surface area contributed by atoms with Crippen molar-refractivity contribution in [1.82, 2.24) is 5.32 Å². The van der Waals surface area contributed by atoms with Gasteiger partial charge >= 0.3 is 0 Å². The van der Waals surface area contributed by atoms with E-state index in [-0.39, 0.29) is 18.6 Å². The SMILES string of the molecule is C[C@H](CN)NC(=O)COc1ccccc1. The Kier molecular flexibility index (Phi) is 4.63. The van der Waals surface area contributed by atoms with E-state index >= 15 is 0 Å². The van der Waals surface area contributed by atoms with E-state index in [0.29, 0.717) is 12.3 Å². The predicted molar refractivity (Wildman–Crippen MR) is 58.6 cm³/mol. The summed E-state index contributed by atoms with van der Waals surface area (Å²) in [5.74, 6) is 0.532. The Hall–Kier alpha value is -1.55. The number of hydrogen-bond acceptors (Lipinski definition) is 3. The molecule has 0 heterocycles. The summed E-state index contributed by atoms with van der Waals surface area (Å²) in [5, 5.41) is 2.71. The van der Waals surface area contributed by atoms with Gasteiger partial charge in [0, 0.05) is 12.6 Å². The topological polar surface area (TPSA) is 64.3 Å². The van der Waals surface area contributed by atoms with Crippen molar-refractivity contribution in [1.29, 1.82) is 0 Å². The second-order valence-electron chi connectivity index (χ2n) is 3.31. The highest BCUT2D eigenvalue weighted by Crippen LogP contribution is 2.07. The van der Waals surface area contributed by atoms with Crippen LogP contribution < -0.4 is 15.8 Å². The fraction of sp³-hybridized carbons (Fsp3) is 0.364. The van der Waals surface area contributed by atoms with Gasteiger partial charge in [0.05, 0.1) is 0 Å². The first-order valence-corrected chi connectivity index (χ1v) is 4.89. The van der Waals surface area contributed by atoms with Gasteiger partial charge in [-0.2, -0.15) is 0 Å². The van der Waals surface area contributed by atoms with Gasteiger partial charge in [-0.05, 0) is 19.1 Å². The maximum atomic E-state index is 11.3. The van der Waals surface area contributed by atoms with Crippen molar-refractivity contribution < 1.29 is 9.53 Å². The number of amides is 1. The van der Waals surface area contributed by atoms with Gasteiger partial charge in [0.1, 0.15) is 5.75 Å². The molecule has 0 aliphatic heterocycles. The molecule has 0 aromatic heterocycles. The number of rotatable bonds is 5. The molecule has 4 heteroatoms. The highest BCUT2D eigenvalue weighted by atomic mass is 16.5. The molecular formula is C11H16N2O2. The van der Waals surface area contributed by atoms with E-state index in [2.05, 4.69) is 5.32 Å². The highest BCUT2D eigenvalue weighted by Gasteiger charge is 2.05. The van der Waals surface area contributed by atoms with Crippen LogP contribution in [0.15, 0.2) is 30.3 Å². The maximum Gasteiger partial charge on any atom is 0.258 e. The molecule has 0 bridgehead atoms. The first-order chi connectivity index (χ1) is 7.22. The third kappa shape index (κ3) is 4.46. The lowest BCUT2D eigenvalue weighted by Gasteiger charge is -2.11. The van der Waals surface area contributed by atoms with E-state index in [9.17, 15) is 4.79 Å². The number of nitrogens with two attached hydrogens (primary N) is 1. The lowest BCUT2D eigenvalue weighted by molar-refractivity contribution is -0.123. The van der Waals surface area contributed by atoms with Gasteiger partial charge in [0.25, 0.3) is 5.91 Å². The first-order valence-electron chi connectivity index (χ1n) is 4.89. The van der Waals surface area contributed by atoms with E-state index in [1.807, 2.05) is 25.1 Å². The fourth-order valence-electron chi connectivity index (χ4n) is 1.04. The Morgan fingerprint density at radius 2 is 2.13 bits per heavy atom. The number of nitrogens with one attached hydrogen (secondary N) is 1. The minimum absolute atomic E-state index is 0.0168. The summed E-state index contributed by atoms with van der Waals surface area (Å²) in [6.07, 6.45) is 0. The van der Waals surface area contributed by atoms with Crippen LogP contribution in [0.2, 0.25) is 0 Å². The molecule has 15 heavy (non-hydrogen) atoms. The van der Waals surface area contributed by atoms with Crippen molar-refractivity contribution >= 4 is 5.91 Å². The van der Waals surface area contributed by atoms with Crippen LogP contribution in [-0.4, -0.2) is 25.1 Å². The van der Waals surface area contributed by atoms with E-state index in [0.717, 1.165) is 0 Å². The first kappa shape index (κ1) is 11.5. The minimum atomic E-state index is -0.156. The van der Waals surface area contributed by atoms with Gasteiger partial charge in [0.15, 0.2) is 6.61 Å². The van der Waals surface area contributed by atoms with E-state index in [4.69, 9.17) is 10.5 Å². The summed E-state index contributed by atoms with van der Waals surface area (Å²) in [5.41, 5.74) is 5.37. The molecule has 82 valence electrons. The minimum Gasteiger partial charge on any atom is -0.484 e. The Morgan fingerprint density at radius 3 is 2.73 bits per heavy atom. The van der Waals surface area contributed by atoms with E-state index in [1.54, 1.807) is 12.1 Å². The fourth-order valence-corrected chi connectivity index (χ4v) is 1.04. The van der Waals surface area contributed by atoms with Crippen LogP contribution in [0.4, 0.5) is 0 Å². The summed E-state index contributed by atoms with van der Waals surface area (Å²) in [4.78, 5) is 11.3. The summed E-state index contributed by atoms with van der Waals surface area (Å²) < 4.78 is 5.26. The number of hydrogen-bond donors (Lipinski definition) is 2. The zero-order valence-electron chi connectivity index (χ0n) is 8.77. The largest absolute Gasteiger partial charge is 0.484 e. The molecular weight excluding hydrogens is 192 g/mol. The summed E-state index contributed by atoms with van der Waals surface area (Å²) >= 11 is 0. The number of ether oxygens (including phenoxy) is 1. The Balaban J connectivity index is 2.29. The van der Waals surface area contributed by atoms with E-state index < -0.39 is 0 Å². The smallest absolute Gasteiger partial charge is 0.258 e. The van der Waals surface area contributed by atoms with Crippen LogP contribution in [0.5, 0.6) is 5.75 Å². The van der Waals surface area contributed by atoms with Crippen LogP contribution in [-0.2, 0) is 4.79 Å². The van der Waals surface area contributed by atoms with Crippen molar-refractivity contribution in [2.24, 2.45) is 5.73 Å². The third-order valence-electron chi connectivity index (χ3n) is 1.87. The molecule has 0 aliphatic rings. The molecule has 0 saturated heterocycles. The maximum absolute atomic E-state index is 11.3. The molecule has 0 unspecified atom stereocenters. The zero-order chi connectivity index (χ0) is 11.1. The molecule has 4 nitrogen and oxygen atoms in total. The molecule has 3 N–H and O–H groups in total. The van der Waals surface area contributed by atoms with Crippen LogP contribution in [0, 0.1) is 0 Å². The zero-order valence-corrected chi connectivity index (χ0v) is 8.77. The average Bonchev–Trinajstić information content (AvgIpc) is 2.27. The van der Waals surface area contributed by atoms with Gasteiger partial charge in [-0.3, -0.25) is 4.79 Å². The molecule has 1 rings (SSSR count). The Bertz CT molecular complexity index is 301. The second kappa shape index (κ2) is 6.03. The number of para-hydroxylation sites is 1. The molecule has 1 atom stereocenters. The monoisotopic (exact) mass is 208 g/mol. The van der Waals surface area contributed by atoms with Gasteiger partial charge in [-0.1, -0.05) is 18.2 Å². The van der Waals surface area contributed by atoms with Crippen molar-refractivity contribution in [2.75, 3.05) is 13.2 Å². The van der Waals surface area contributed by atoms with Crippen molar-refractivity contribution in [3.8, 4) is 5.75 Å². The Morgan fingerprint density at radius 1 is 1.47 bits per heavy atom. The summed E-state index contributed by atoms with van der Waals surface area (Å²) in [6, 6.07) is 9.20. The lowest BCUT2D eigenvalue weighted by atomic mass is 10.3. The van der Waals surface area contributed by atoms with Crippen LogP contribution in [0.25, 0.3) is 0 Å². The Labute approximate surface area is 89.4 Å². The molecule has 0 aliphatic carbocycles. The summed E-state index contributed by atoms with van der Waals surface area (Å²) in [7, 11) is 0. The molecule has 1 aromatic carbocycles. The van der Waals surface area contributed by atoms with Gasteiger partial charge in [-0.25, -0.2) is 0 Å². The average molecular weight is 208 g/mol. The lowest BCUT2D eigenvalue weighted by Crippen LogP contribution is -2.40. The molecule has 0 radical (unpaired) electrons. The second-order valence-corrected chi connectivity index (χ2v) is 3.31. The van der Waals surface area contributed by atoms with Crippen molar-refractivity contribution in [3.63, 3.8) is 0 Å². The van der Waals surface area contributed by atoms with Gasteiger partial charge < -0.3 is 15.8 Å². The van der Waals surface area contributed by atoms with Crippen LogP contribution in [0.1, 0.15) is 6.92 Å². The highest BCUT2D eigenvalue weighted by molar-refractivity contribution is 5.77. The molecule has 0 fully saturated rings. The van der Waals surface area contributed by atoms with E-state index in [1.165, 1.54) is 0 Å². The van der Waals surface area contributed by atoms with Crippen molar-refractivity contribution in [2.45, 2.75) is 13.0 Å². The molecule has 0 spiro atoms. The van der Waals surface area contributed by atoms with Crippen LogP contribution >= 0.6 is 0 Å². The predicted octanol–water partition coefficient (Wildman–Crippen LogP) is 0.529. The number of benzene rings is 1. The number of carbonyl (C=O) groups excluding carboxylic acids is 1. The van der Waals surface area contributed by atoms with Crippen molar-refractivity contribution in [3.05, 3.63) is 30.3 Å². The molecule has 1 amide bonds. The van der Waals surface area contributed by atoms with Crippen LogP contribution in [0.3, 0.4) is 0 Å². The van der Waals surface area contributed by atoms with Gasteiger partial charge in [-0.15, -0.1) is 0 Å². The van der Waals surface area contributed by atoms with Gasteiger partial charge in [0.2, 0.25) is 0 Å². The normalized spacial score (nSPS) is 11.9. The molecule has 0 saturated carbocycles. The number of carbonyl (C=O) groups is 1. The summed E-state index contributed by atoms with van der Waals surface area (Å²) in [6.45, 7) is 2.30. The molecule has 1 aromatic rings. The third-order valence-corrected chi connectivity index (χ3v) is 1.87. The quantitative estimate of drug-likeness (QED) is 0.741.